The number of aromatic nitrogens is 6. The first kappa shape index (κ1) is 19.2. The summed E-state index contributed by atoms with van der Waals surface area (Å²) in [6.45, 7) is 3.90. The van der Waals surface area contributed by atoms with Crippen LogP contribution in [0.1, 0.15) is 28.8 Å². The topological polar surface area (TPSA) is 122 Å². The molecule has 10 nitrogen and oxygen atoms in total. The Bertz CT molecular complexity index is 1540. The van der Waals surface area contributed by atoms with E-state index in [1.165, 1.54) is 17.3 Å². The van der Waals surface area contributed by atoms with E-state index in [0.29, 0.717) is 39.7 Å². The number of aromatic amines is 1. The van der Waals surface area contributed by atoms with Gasteiger partial charge in [0.1, 0.15) is 23.1 Å². The molecule has 2 N–H and O–H groups in total. The quantitative estimate of drug-likeness (QED) is 0.460. The molecule has 10 heteroatoms. The van der Waals surface area contributed by atoms with E-state index in [9.17, 15) is 9.59 Å². The van der Waals surface area contributed by atoms with Crippen LogP contribution in [0.15, 0.2) is 30.9 Å². The van der Waals surface area contributed by atoms with Crippen molar-refractivity contribution in [2.24, 2.45) is 0 Å². The first-order valence-corrected chi connectivity index (χ1v) is 10.4. The number of aryl methyl sites for hydroxylation is 2. The average Bonchev–Trinajstić information content (AvgIpc) is 3.46. The Kier molecular flexibility index (Phi) is 3.77. The zero-order valence-corrected chi connectivity index (χ0v) is 17.9. The third kappa shape index (κ3) is 2.39. The number of anilines is 2. The van der Waals surface area contributed by atoms with Crippen molar-refractivity contribution >= 4 is 34.5 Å². The van der Waals surface area contributed by atoms with Crippen molar-refractivity contribution in [3.63, 3.8) is 0 Å². The molecule has 2 aliphatic heterocycles. The molecule has 33 heavy (non-hydrogen) atoms. The lowest BCUT2D eigenvalue weighted by Crippen LogP contribution is -2.47. The number of imidazole rings is 1. The van der Waals surface area contributed by atoms with E-state index in [0.717, 1.165) is 11.1 Å². The number of fused-ring (bicyclic) bond motifs is 5. The molecule has 0 bridgehead atoms. The number of carbonyl (C=O) groups is 2. The smallest absolute Gasteiger partial charge is 0.243 e. The number of nitrogens with one attached hydrogen (secondary N) is 2. The molecule has 0 aliphatic carbocycles. The number of carbonyl (C=O) groups excluding carboxylic acids is 2. The minimum absolute atomic E-state index is 0.0356. The molecule has 3 aromatic heterocycles. The van der Waals surface area contributed by atoms with Crippen molar-refractivity contribution in [2.45, 2.75) is 25.7 Å². The number of benzene rings is 1. The van der Waals surface area contributed by atoms with Crippen molar-refractivity contribution in [3.05, 3.63) is 53.2 Å². The predicted octanol–water partition coefficient (Wildman–Crippen LogP) is 1.76. The average molecular weight is 438 g/mol. The Morgan fingerprint density at radius 3 is 2.88 bits per heavy atom. The molecule has 1 aromatic carbocycles. The van der Waals surface area contributed by atoms with Crippen molar-refractivity contribution in [1.82, 2.24) is 29.7 Å². The summed E-state index contributed by atoms with van der Waals surface area (Å²) in [4.78, 5) is 44.4. The lowest BCUT2D eigenvalue weighted by Gasteiger charge is -2.33. The van der Waals surface area contributed by atoms with Gasteiger partial charge in [0.25, 0.3) is 0 Å². The summed E-state index contributed by atoms with van der Waals surface area (Å²) in [7, 11) is 0. The van der Waals surface area contributed by atoms with E-state index in [4.69, 9.17) is 11.5 Å². The van der Waals surface area contributed by atoms with Gasteiger partial charge in [0.05, 0.1) is 18.6 Å². The number of rotatable bonds is 2. The summed E-state index contributed by atoms with van der Waals surface area (Å²) in [5.41, 5.74) is 3.53. The summed E-state index contributed by atoms with van der Waals surface area (Å²) in [5, 5.41) is 7.62. The van der Waals surface area contributed by atoms with Crippen molar-refractivity contribution in [2.75, 3.05) is 16.8 Å². The number of hydrogen-bond donors (Lipinski definition) is 2. The lowest BCUT2D eigenvalue weighted by atomic mass is 9.70. The van der Waals surface area contributed by atoms with E-state index in [1.807, 2.05) is 32.0 Å². The Labute approximate surface area is 188 Å². The maximum Gasteiger partial charge on any atom is 0.243 e. The van der Waals surface area contributed by atoms with E-state index in [-0.39, 0.29) is 24.8 Å². The standard InChI is InChI=1S/C23H18N8O2/c1-4-7-30-15-6-5-12(2)8-14(15)23(22(30)33)9-16(32)28-20-17(23)13(3)29-31(20)21-18-19(25-10-24-18)26-11-27-21/h1,5-6,8,10-11H,7,9H2,2-3H3,(H,28,32)(H,24,25,26,27)/t23-/m0/s1. The van der Waals surface area contributed by atoms with Gasteiger partial charge in [0.2, 0.25) is 11.8 Å². The van der Waals surface area contributed by atoms with E-state index in [1.54, 1.807) is 4.90 Å². The molecule has 5 heterocycles. The third-order valence-corrected chi connectivity index (χ3v) is 6.34. The van der Waals surface area contributed by atoms with Crippen LogP contribution in [0.3, 0.4) is 0 Å². The van der Waals surface area contributed by atoms with Gasteiger partial charge in [-0.15, -0.1) is 6.42 Å². The fraction of sp³-hybridized carbons (Fsp3) is 0.217. The molecule has 1 atom stereocenters. The second-order valence-electron chi connectivity index (χ2n) is 8.27. The van der Waals surface area contributed by atoms with Crippen LogP contribution >= 0.6 is 0 Å². The highest BCUT2D eigenvalue weighted by Crippen LogP contribution is 2.53. The molecule has 4 aromatic rings. The highest BCUT2D eigenvalue weighted by Gasteiger charge is 2.58. The van der Waals surface area contributed by atoms with E-state index < -0.39 is 5.41 Å². The maximum atomic E-state index is 14.0. The Morgan fingerprint density at radius 2 is 2.06 bits per heavy atom. The number of H-pyrrole nitrogens is 1. The molecule has 0 radical (unpaired) electrons. The zero-order valence-electron chi connectivity index (χ0n) is 17.9. The van der Waals surface area contributed by atoms with Gasteiger partial charge >= 0.3 is 0 Å². The molecule has 6 rings (SSSR count). The third-order valence-electron chi connectivity index (χ3n) is 6.34. The van der Waals surface area contributed by atoms with E-state index >= 15 is 0 Å². The van der Waals surface area contributed by atoms with Crippen LogP contribution in [0.2, 0.25) is 0 Å². The Morgan fingerprint density at radius 1 is 1.21 bits per heavy atom. The number of nitrogens with zero attached hydrogens (tertiary/aromatic N) is 6. The molecule has 162 valence electrons. The molecule has 0 saturated heterocycles. The number of terminal acetylenes is 1. The monoisotopic (exact) mass is 438 g/mol. The summed E-state index contributed by atoms with van der Waals surface area (Å²) in [5.74, 6) is 2.88. The van der Waals surface area contributed by atoms with Crippen LogP contribution in [0.5, 0.6) is 0 Å². The van der Waals surface area contributed by atoms with Gasteiger partial charge in [-0.3, -0.25) is 14.5 Å². The highest BCUT2D eigenvalue weighted by molar-refractivity contribution is 6.16. The van der Waals surface area contributed by atoms with Gasteiger partial charge in [-0.1, -0.05) is 23.6 Å². The van der Waals surface area contributed by atoms with Gasteiger partial charge in [-0.2, -0.15) is 9.78 Å². The van der Waals surface area contributed by atoms with Crippen LogP contribution in [0.25, 0.3) is 17.0 Å². The minimum atomic E-state index is -1.22. The van der Waals surface area contributed by atoms with Gasteiger partial charge in [0, 0.05) is 17.7 Å². The van der Waals surface area contributed by atoms with Gasteiger partial charge in [-0.25, -0.2) is 15.0 Å². The lowest BCUT2D eigenvalue weighted by molar-refractivity contribution is -0.126. The van der Waals surface area contributed by atoms with Crippen molar-refractivity contribution in [3.8, 4) is 18.2 Å². The van der Waals surface area contributed by atoms with Crippen LogP contribution in [-0.4, -0.2) is 48.1 Å². The van der Waals surface area contributed by atoms with Gasteiger partial charge in [-0.05, 0) is 25.5 Å². The SMILES string of the molecule is C#CCN1C(=O)[C@@]2(CC(=O)Nc3c2c(C)nn3-c2ncnc3nc[nH]c23)c2cc(C)ccc21. The summed E-state index contributed by atoms with van der Waals surface area (Å²) in [6, 6.07) is 5.78. The van der Waals surface area contributed by atoms with Gasteiger partial charge in [0.15, 0.2) is 11.5 Å². The molecule has 0 unspecified atom stereocenters. The fourth-order valence-corrected chi connectivity index (χ4v) is 5.07. The minimum Gasteiger partial charge on any atom is -0.340 e. The molecular formula is C23H18N8O2. The first-order chi connectivity index (χ1) is 16.0. The van der Waals surface area contributed by atoms with Crippen molar-refractivity contribution in [1.29, 1.82) is 0 Å². The van der Waals surface area contributed by atoms with Gasteiger partial charge < -0.3 is 10.3 Å². The van der Waals surface area contributed by atoms with Crippen LogP contribution in [0.4, 0.5) is 11.5 Å². The van der Waals surface area contributed by atoms with Crippen molar-refractivity contribution < 1.29 is 9.59 Å². The van der Waals surface area contributed by atoms with Crippen LogP contribution in [-0.2, 0) is 15.0 Å². The normalized spacial score (nSPS) is 19.0. The second kappa shape index (κ2) is 6.49. The Hall–Kier alpha value is -4.52. The van der Waals surface area contributed by atoms with E-state index in [2.05, 4.69) is 31.2 Å². The number of hydrogen-bond acceptors (Lipinski definition) is 6. The summed E-state index contributed by atoms with van der Waals surface area (Å²) < 4.78 is 1.54. The zero-order chi connectivity index (χ0) is 22.9. The maximum absolute atomic E-state index is 14.0. The summed E-state index contributed by atoms with van der Waals surface area (Å²) in [6.07, 6.45) is 8.45. The first-order valence-electron chi connectivity index (χ1n) is 10.4. The second-order valence-corrected chi connectivity index (χ2v) is 8.27. The molecule has 2 aliphatic rings. The van der Waals surface area contributed by atoms with Crippen LogP contribution in [0, 0.1) is 26.2 Å². The molecule has 0 saturated carbocycles. The predicted molar refractivity (Wildman–Crippen MR) is 120 cm³/mol. The fourth-order valence-electron chi connectivity index (χ4n) is 5.07. The molecule has 1 spiro atoms. The molecular weight excluding hydrogens is 420 g/mol. The molecule has 2 amide bonds. The van der Waals surface area contributed by atoms with Crippen LogP contribution < -0.4 is 10.2 Å². The highest BCUT2D eigenvalue weighted by atomic mass is 16.2. The largest absolute Gasteiger partial charge is 0.340 e. The number of amides is 2. The Balaban J connectivity index is 1.67. The summed E-state index contributed by atoms with van der Waals surface area (Å²) >= 11 is 0. The molecule has 0 fully saturated rings.